The molecule has 1 aliphatic rings. The molecule has 2 N–H and O–H groups in total. The van der Waals surface area contributed by atoms with Crippen molar-refractivity contribution in [2.45, 2.75) is 19.0 Å². The average Bonchev–Trinajstić information content (AvgIpc) is 2.28. The lowest BCUT2D eigenvalue weighted by Crippen LogP contribution is -2.47. The summed E-state index contributed by atoms with van der Waals surface area (Å²) in [5.41, 5.74) is -0.257. The van der Waals surface area contributed by atoms with Crippen LogP contribution in [0.2, 0.25) is 0 Å². The van der Waals surface area contributed by atoms with E-state index in [0.29, 0.717) is 13.2 Å². The molecule has 0 bridgehead atoms. The number of carbonyl (C=O) groups is 1. The van der Waals surface area contributed by atoms with E-state index in [1.807, 2.05) is 6.92 Å². The minimum Gasteiger partial charge on any atom is -0.385 e. The normalized spacial score (nSPS) is 30.5. The van der Waals surface area contributed by atoms with Crippen LogP contribution in [-0.4, -0.2) is 31.8 Å². The first-order valence-electron chi connectivity index (χ1n) is 3.71. The van der Waals surface area contributed by atoms with Gasteiger partial charge in [-0.2, -0.15) is 0 Å². The van der Waals surface area contributed by atoms with Crippen molar-refractivity contribution in [3.63, 3.8) is 0 Å². The summed E-state index contributed by atoms with van der Waals surface area (Å²) in [6.07, 6.45) is 0.801. The molecule has 1 aliphatic heterocycles. The molecular formula is C7H14N2O2. The standard InChI is InChI=1S/C7H14N2O2/c1-7(3-4-11-2)8-5-6(10)9-7/h8H,3-5H2,1-2H3,(H,9,10). The molecular weight excluding hydrogens is 144 g/mol. The van der Waals surface area contributed by atoms with Gasteiger partial charge in [-0.05, 0) is 6.92 Å². The fourth-order valence-corrected chi connectivity index (χ4v) is 1.13. The van der Waals surface area contributed by atoms with Crippen LogP contribution >= 0.6 is 0 Å². The van der Waals surface area contributed by atoms with E-state index in [-0.39, 0.29) is 11.6 Å². The van der Waals surface area contributed by atoms with Crippen molar-refractivity contribution >= 4 is 5.91 Å². The van der Waals surface area contributed by atoms with E-state index in [4.69, 9.17) is 4.74 Å². The molecule has 64 valence electrons. The molecule has 0 aromatic rings. The maximum Gasteiger partial charge on any atom is 0.235 e. The second-order valence-electron chi connectivity index (χ2n) is 2.98. The molecule has 0 aliphatic carbocycles. The summed E-state index contributed by atoms with van der Waals surface area (Å²) < 4.78 is 4.91. The van der Waals surface area contributed by atoms with E-state index in [9.17, 15) is 4.79 Å². The summed E-state index contributed by atoms with van der Waals surface area (Å²) in [5, 5.41) is 5.91. The van der Waals surface area contributed by atoms with E-state index >= 15 is 0 Å². The number of ether oxygens (including phenoxy) is 1. The highest BCUT2D eigenvalue weighted by molar-refractivity contribution is 5.81. The number of carbonyl (C=O) groups excluding carboxylic acids is 1. The zero-order valence-electron chi connectivity index (χ0n) is 6.94. The van der Waals surface area contributed by atoms with E-state index in [1.165, 1.54) is 0 Å². The first-order chi connectivity index (χ1) is 5.16. The lowest BCUT2D eigenvalue weighted by Gasteiger charge is -2.23. The minimum absolute atomic E-state index is 0.0589. The van der Waals surface area contributed by atoms with Gasteiger partial charge in [-0.3, -0.25) is 10.1 Å². The fraction of sp³-hybridized carbons (Fsp3) is 0.857. The largest absolute Gasteiger partial charge is 0.385 e. The van der Waals surface area contributed by atoms with Crippen LogP contribution in [0.3, 0.4) is 0 Å². The summed E-state index contributed by atoms with van der Waals surface area (Å²) >= 11 is 0. The Bertz CT molecular complexity index is 161. The summed E-state index contributed by atoms with van der Waals surface area (Å²) in [6, 6.07) is 0. The average molecular weight is 158 g/mol. The van der Waals surface area contributed by atoms with Crippen molar-refractivity contribution in [2.75, 3.05) is 20.3 Å². The summed E-state index contributed by atoms with van der Waals surface area (Å²) in [7, 11) is 1.65. The van der Waals surface area contributed by atoms with Gasteiger partial charge in [0.25, 0.3) is 0 Å². The predicted molar refractivity (Wildman–Crippen MR) is 41.0 cm³/mol. The summed E-state index contributed by atoms with van der Waals surface area (Å²) in [4.78, 5) is 10.8. The van der Waals surface area contributed by atoms with Crippen LogP contribution in [-0.2, 0) is 9.53 Å². The smallest absolute Gasteiger partial charge is 0.235 e. The van der Waals surface area contributed by atoms with Crippen LogP contribution in [0.5, 0.6) is 0 Å². The molecule has 0 aromatic heterocycles. The lowest BCUT2D eigenvalue weighted by molar-refractivity contribution is -0.118. The SMILES string of the molecule is COCCC1(C)NCC(=O)N1. The third kappa shape index (κ3) is 2.17. The molecule has 0 saturated carbocycles. The fourth-order valence-electron chi connectivity index (χ4n) is 1.13. The van der Waals surface area contributed by atoms with Gasteiger partial charge in [0.2, 0.25) is 5.91 Å². The van der Waals surface area contributed by atoms with Crippen molar-refractivity contribution in [3.8, 4) is 0 Å². The topological polar surface area (TPSA) is 50.4 Å². The number of hydrogen-bond donors (Lipinski definition) is 2. The molecule has 0 radical (unpaired) electrons. The second-order valence-corrected chi connectivity index (χ2v) is 2.98. The molecule has 1 heterocycles. The van der Waals surface area contributed by atoms with Gasteiger partial charge in [-0.25, -0.2) is 0 Å². The van der Waals surface area contributed by atoms with Crippen molar-refractivity contribution in [2.24, 2.45) is 0 Å². The van der Waals surface area contributed by atoms with Gasteiger partial charge in [0, 0.05) is 20.1 Å². The van der Waals surface area contributed by atoms with Crippen molar-refractivity contribution in [1.29, 1.82) is 0 Å². The monoisotopic (exact) mass is 158 g/mol. The Kier molecular flexibility index (Phi) is 2.46. The quantitative estimate of drug-likeness (QED) is 0.580. The second kappa shape index (κ2) is 3.19. The first kappa shape index (κ1) is 8.49. The number of amides is 1. The minimum atomic E-state index is -0.257. The molecule has 0 aromatic carbocycles. The number of hydrogen-bond acceptors (Lipinski definition) is 3. The van der Waals surface area contributed by atoms with Gasteiger partial charge in [-0.1, -0.05) is 0 Å². The number of rotatable bonds is 3. The van der Waals surface area contributed by atoms with Gasteiger partial charge in [0.1, 0.15) is 0 Å². The van der Waals surface area contributed by atoms with Crippen molar-refractivity contribution in [3.05, 3.63) is 0 Å². The maximum absolute atomic E-state index is 10.8. The Morgan fingerprint density at radius 2 is 2.45 bits per heavy atom. The molecule has 1 unspecified atom stereocenters. The predicted octanol–water partition coefficient (Wildman–Crippen LogP) is -0.541. The van der Waals surface area contributed by atoms with Crippen LogP contribution in [0.15, 0.2) is 0 Å². The van der Waals surface area contributed by atoms with Gasteiger partial charge in [0.05, 0.1) is 12.2 Å². The molecule has 1 fully saturated rings. The Hall–Kier alpha value is -0.610. The molecule has 4 heteroatoms. The zero-order chi connectivity index (χ0) is 8.32. The molecule has 1 atom stereocenters. The van der Waals surface area contributed by atoms with Crippen LogP contribution in [0.25, 0.3) is 0 Å². The van der Waals surface area contributed by atoms with Gasteiger partial charge in [0.15, 0.2) is 0 Å². The Labute approximate surface area is 66.3 Å². The Morgan fingerprint density at radius 3 is 2.91 bits per heavy atom. The Morgan fingerprint density at radius 1 is 1.73 bits per heavy atom. The van der Waals surface area contributed by atoms with Gasteiger partial charge in [-0.15, -0.1) is 0 Å². The van der Waals surface area contributed by atoms with Crippen LogP contribution in [0.4, 0.5) is 0 Å². The highest BCUT2D eigenvalue weighted by Gasteiger charge is 2.31. The molecule has 1 amide bonds. The zero-order valence-corrected chi connectivity index (χ0v) is 6.94. The van der Waals surface area contributed by atoms with Gasteiger partial charge >= 0.3 is 0 Å². The number of methoxy groups -OCH3 is 1. The maximum atomic E-state index is 10.8. The van der Waals surface area contributed by atoms with E-state index in [1.54, 1.807) is 7.11 Å². The van der Waals surface area contributed by atoms with E-state index in [0.717, 1.165) is 6.42 Å². The Balaban J connectivity index is 2.35. The summed E-state index contributed by atoms with van der Waals surface area (Å²) in [6.45, 7) is 3.03. The summed E-state index contributed by atoms with van der Waals surface area (Å²) in [5.74, 6) is 0.0589. The third-order valence-electron chi connectivity index (χ3n) is 1.86. The van der Waals surface area contributed by atoms with Crippen LogP contribution in [0, 0.1) is 0 Å². The molecule has 1 rings (SSSR count). The van der Waals surface area contributed by atoms with Crippen LogP contribution < -0.4 is 10.6 Å². The molecule has 0 spiro atoms. The highest BCUT2D eigenvalue weighted by Crippen LogP contribution is 2.08. The van der Waals surface area contributed by atoms with Crippen molar-refractivity contribution < 1.29 is 9.53 Å². The highest BCUT2D eigenvalue weighted by atomic mass is 16.5. The van der Waals surface area contributed by atoms with E-state index < -0.39 is 0 Å². The number of nitrogens with one attached hydrogen (secondary N) is 2. The van der Waals surface area contributed by atoms with Crippen LogP contribution in [0.1, 0.15) is 13.3 Å². The van der Waals surface area contributed by atoms with Gasteiger partial charge < -0.3 is 10.1 Å². The lowest BCUT2D eigenvalue weighted by atomic mass is 10.1. The van der Waals surface area contributed by atoms with E-state index in [2.05, 4.69) is 10.6 Å². The van der Waals surface area contributed by atoms with Crippen molar-refractivity contribution in [1.82, 2.24) is 10.6 Å². The third-order valence-corrected chi connectivity index (χ3v) is 1.86. The molecule has 4 nitrogen and oxygen atoms in total. The first-order valence-corrected chi connectivity index (χ1v) is 3.71. The molecule has 1 saturated heterocycles. The molecule has 11 heavy (non-hydrogen) atoms.